The third kappa shape index (κ3) is 2.26. The number of carbonyl (C=O) groups is 1. The Bertz CT molecular complexity index is 247. The highest BCUT2D eigenvalue weighted by Crippen LogP contribution is 2.45. The van der Waals surface area contributed by atoms with Gasteiger partial charge in [0.25, 0.3) is 0 Å². The number of nitrogens with zero attached hydrogens (tertiary/aromatic N) is 1. The third-order valence-corrected chi connectivity index (χ3v) is 4.21. The van der Waals surface area contributed by atoms with Gasteiger partial charge in [0.2, 0.25) is 5.91 Å². The summed E-state index contributed by atoms with van der Waals surface area (Å²) < 4.78 is 0. The van der Waals surface area contributed by atoms with Crippen molar-refractivity contribution in [1.29, 1.82) is 0 Å². The Balaban J connectivity index is 2.08. The molecule has 0 atom stereocenters. The molecule has 0 aromatic carbocycles. The van der Waals surface area contributed by atoms with E-state index < -0.39 is 0 Å². The molecule has 1 saturated heterocycles. The molecule has 1 saturated carbocycles. The molecule has 0 unspecified atom stereocenters. The molecule has 2 fully saturated rings. The summed E-state index contributed by atoms with van der Waals surface area (Å²) in [4.78, 5) is 14.8. The third-order valence-electron chi connectivity index (χ3n) is 4.21. The Morgan fingerprint density at radius 2 is 1.69 bits per heavy atom. The molecule has 1 aliphatic carbocycles. The van der Waals surface area contributed by atoms with E-state index in [1.54, 1.807) is 0 Å². The number of amides is 1. The van der Waals surface area contributed by atoms with Crippen LogP contribution in [0.4, 0.5) is 0 Å². The fourth-order valence-corrected chi connectivity index (χ4v) is 3.59. The molecule has 1 heterocycles. The maximum absolute atomic E-state index is 12.6. The Kier molecular flexibility index (Phi) is 3.56. The van der Waals surface area contributed by atoms with Crippen LogP contribution in [0.15, 0.2) is 0 Å². The topological polar surface area (TPSA) is 20.3 Å². The van der Waals surface area contributed by atoms with Crippen molar-refractivity contribution in [2.24, 2.45) is 11.3 Å². The first-order valence-corrected chi connectivity index (χ1v) is 6.93. The average Bonchev–Trinajstić information content (AvgIpc) is 2.85. The van der Waals surface area contributed by atoms with Crippen molar-refractivity contribution >= 4 is 5.91 Å². The molecular weight excluding hydrogens is 198 g/mol. The standard InChI is InChI=1S/C14H25NO/c1-12(2)11-14(7-3-4-8-14)13(16)15-9-5-6-10-15/h12H,3-11H2,1-2H3. The molecule has 0 aromatic rings. The van der Waals surface area contributed by atoms with Crippen LogP contribution in [0.5, 0.6) is 0 Å². The highest BCUT2D eigenvalue weighted by Gasteiger charge is 2.43. The van der Waals surface area contributed by atoms with E-state index >= 15 is 0 Å². The molecule has 0 bridgehead atoms. The number of hydrogen-bond acceptors (Lipinski definition) is 1. The van der Waals surface area contributed by atoms with Crippen LogP contribution >= 0.6 is 0 Å². The van der Waals surface area contributed by atoms with Gasteiger partial charge in [0.1, 0.15) is 0 Å². The molecule has 2 nitrogen and oxygen atoms in total. The van der Waals surface area contributed by atoms with Gasteiger partial charge in [-0.1, -0.05) is 26.7 Å². The average molecular weight is 223 g/mol. The highest BCUT2D eigenvalue weighted by atomic mass is 16.2. The lowest BCUT2D eigenvalue weighted by molar-refractivity contribution is -0.141. The fraction of sp³-hybridized carbons (Fsp3) is 0.929. The molecular formula is C14H25NO. The Hall–Kier alpha value is -0.530. The molecule has 1 aliphatic heterocycles. The zero-order chi connectivity index (χ0) is 11.6. The van der Waals surface area contributed by atoms with Gasteiger partial charge in [-0.2, -0.15) is 0 Å². The van der Waals surface area contributed by atoms with E-state index in [1.807, 2.05) is 0 Å². The zero-order valence-electron chi connectivity index (χ0n) is 10.8. The minimum atomic E-state index is 0.0263. The maximum atomic E-state index is 12.6. The molecule has 2 heteroatoms. The second-order valence-corrected chi connectivity index (χ2v) is 6.08. The Labute approximate surface area is 99.4 Å². The molecule has 16 heavy (non-hydrogen) atoms. The van der Waals surface area contributed by atoms with E-state index in [4.69, 9.17) is 0 Å². The first-order valence-electron chi connectivity index (χ1n) is 6.93. The summed E-state index contributed by atoms with van der Waals surface area (Å²) in [6, 6.07) is 0. The van der Waals surface area contributed by atoms with Crippen molar-refractivity contribution in [2.75, 3.05) is 13.1 Å². The zero-order valence-corrected chi connectivity index (χ0v) is 10.8. The van der Waals surface area contributed by atoms with Crippen LogP contribution < -0.4 is 0 Å². The molecule has 0 spiro atoms. The van der Waals surface area contributed by atoms with Gasteiger partial charge in [-0.25, -0.2) is 0 Å². The minimum absolute atomic E-state index is 0.0263. The molecule has 0 N–H and O–H groups in total. The van der Waals surface area contributed by atoms with E-state index in [9.17, 15) is 4.79 Å². The molecule has 2 aliphatic rings. The van der Waals surface area contributed by atoms with Crippen molar-refractivity contribution < 1.29 is 4.79 Å². The van der Waals surface area contributed by atoms with Gasteiger partial charge in [0.15, 0.2) is 0 Å². The van der Waals surface area contributed by atoms with Crippen LogP contribution in [0.25, 0.3) is 0 Å². The van der Waals surface area contributed by atoms with E-state index in [0.29, 0.717) is 11.8 Å². The van der Waals surface area contributed by atoms with Gasteiger partial charge in [0.05, 0.1) is 0 Å². The van der Waals surface area contributed by atoms with Gasteiger partial charge >= 0.3 is 0 Å². The van der Waals surface area contributed by atoms with Crippen LogP contribution in [0, 0.1) is 11.3 Å². The van der Waals surface area contributed by atoms with E-state index in [1.165, 1.54) is 25.7 Å². The quantitative estimate of drug-likeness (QED) is 0.719. The number of rotatable bonds is 3. The molecule has 0 radical (unpaired) electrons. The summed E-state index contributed by atoms with van der Waals surface area (Å²) in [5.74, 6) is 1.13. The summed E-state index contributed by atoms with van der Waals surface area (Å²) in [6.45, 7) is 6.52. The first-order chi connectivity index (χ1) is 7.64. The SMILES string of the molecule is CC(C)CC1(C(=O)N2CCCC2)CCCC1. The number of carbonyl (C=O) groups excluding carboxylic acids is 1. The van der Waals surface area contributed by atoms with Crippen LogP contribution in [-0.4, -0.2) is 23.9 Å². The van der Waals surface area contributed by atoms with Crippen molar-refractivity contribution in [3.05, 3.63) is 0 Å². The lowest BCUT2D eigenvalue weighted by Gasteiger charge is -2.33. The lowest BCUT2D eigenvalue weighted by Crippen LogP contribution is -2.41. The minimum Gasteiger partial charge on any atom is -0.342 e. The summed E-state index contributed by atoms with van der Waals surface area (Å²) in [6.07, 6.45) is 8.31. The summed E-state index contributed by atoms with van der Waals surface area (Å²) in [5.41, 5.74) is 0.0263. The molecule has 92 valence electrons. The van der Waals surface area contributed by atoms with Gasteiger partial charge in [0, 0.05) is 18.5 Å². The molecule has 1 amide bonds. The summed E-state index contributed by atoms with van der Waals surface area (Å²) >= 11 is 0. The van der Waals surface area contributed by atoms with E-state index in [-0.39, 0.29) is 5.41 Å². The first kappa shape index (κ1) is 11.9. The molecule has 0 aromatic heterocycles. The van der Waals surface area contributed by atoms with Crippen LogP contribution in [0.3, 0.4) is 0 Å². The molecule has 2 rings (SSSR count). The lowest BCUT2D eigenvalue weighted by atomic mass is 9.77. The number of hydrogen-bond donors (Lipinski definition) is 0. The number of likely N-dealkylation sites (tertiary alicyclic amines) is 1. The maximum Gasteiger partial charge on any atom is 0.228 e. The van der Waals surface area contributed by atoms with Gasteiger partial charge in [-0.3, -0.25) is 4.79 Å². The summed E-state index contributed by atoms with van der Waals surface area (Å²) in [5, 5.41) is 0. The van der Waals surface area contributed by atoms with Crippen LogP contribution in [0.2, 0.25) is 0 Å². The van der Waals surface area contributed by atoms with Crippen molar-refractivity contribution in [2.45, 2.75) is 58.8 Å². The van der Waals surface area contributed by atoms with Gasteiger partial charge < -0.3 is 4.90 Å². The van der Waals surface area contributed by atoms with Crippen LogP contribution in [0.1, 0.15) is 58.8 Å². The monoisotopic (exact) mass is 223 g/mol. The second-order valence-electron chi connectivity index (χ2n) is 6.08. The summed E-state index contributed by atoms with van der Waals surface area (Å²) in [7, 11) is 0. The highest BCUT2D eigenvalue weighted by molar-refractivity contribution is 5.83. The smallest absolute Gasteiger partial charge is 0.228 e. The van der Waals surface area contributed by atoms with Gasteiger partial charge in [-0.15, -0.1) is 0 Å². The van der Waals surface area contributed by atoms with Crippen molar-refractivity contribution in [3.63, 3.8) is 0 Å². The fourth-order valence-electron chi connectivity index (χ4n) is 3.59. The van der Waals surface area contributed by atoms with Crippen molar-refractivity contribution in [3.8, 4) is 0 Å². The Morgan fingerprint density at radius 1 is 1.12 bits per heavy atom. The normalized spacial score (nSPS) is 24.3. The van der Waals surface area contributed by atoms with E-state index in [0.717, 1.165) is 32.4 Å². The predicted molar refractivity (Wildman–Crippen MR) is 66.2 cm³/mol. The van der Waals surface area contributed by atoms with Gasteiger partial charge in [-0.05, 0) is 38.0 Å². The second kappa shape index (κ2) is 4.77. The van der Waals surface area contributed by atoms with Crippen LogP contribution in [-0.2, 0) is 4.79 Å². The largest absolute Gasteiger partial charge is 0.342 e. The van der Waals surface area contributed by atoms with E-state index in [2.05, 4.69) is 18.7 Å². The Morgan fingerprint density at radius 3 is 2.19 bits per heavy atom. The predicted octanol–water partition coefficient (Wildman–Crippen LogP) is 3.22. The van der Waals surface area contributed by atoms with Crippen molar-refractivity contribution in [1.82, 2.24) is 4.90 Å².